The molecule has 1 aromatic rings. The topological polar surface area (TPSA) is 66.5 Å². The lowest BCUT2D eigenvalue weighted by atomic mass is 9.77. The third-order valence-electron chi connectivity index (χ3n) is 4.03. The van der Waals surface area contributed by atoms with Gasteiger partial charge in [0.2, 0.25) is 0 Å². The van der Waals surface area contributed by atoms with Crippen LogP contribution in [0.1, 0.15) is 70.8 Å². The van der Waals surface area contributed by atoms with Crippen molar-refractivity contribution >= 4 is 0 Å². The van der Waals surface area contributed by atoms with E-state index in [1.54, 1.807) is 12.1 Å². The molecule has 0 aliphatic carbocycles. The van der Waals surface area contributed by atoms with Gasteiger partial charge in [-0.1, -0.05) is 41.5 Å². The lowest BCUT2D eigenvalue weighted by molar-refractivity contribution is -0.153. The number of phenols is 1. The lowest BCUT2D eigenvalue weighted by Crippen LogP contribution is -2.38. The molecule has 0 saturated carbocycles. The predicted molar refractivity (Wildman–Crippen MR) is 89.1 cm³/mol. The Morgan fingerprint density at radius 2 is 1.33 bits per heavy atom. The summed E-state index contributed by atoms with van der Waals surface area (Å²) in [5, 5.41) is 20.9. The van der Waals surface area contributed by atoms with Crippen molar-refractivity contribution in [3.05, 3.63) is 28.8 Å². The zero-order chi connectivity index (χ0) is 19.1. The Balaban J connectivity index is 3.39. The largest absolute Gasteiger partial charge is 0.507 e. The summed E-state index contributed by atoms with van der Waals surface area (Å²) in [7, 11) is 0. The second-order valence-corrected chi connectivity index (χ2v) is 8.36. The van der Waals surface area contributed by atoms with Crippen LogP contribution < -0.4 is 5.73 Å². The van der Waals surface area contributed by atoms with Crippen LogP contribution in [0.3, 0.4) is 0 Å². The number of aliphatic hydroxyl groups is 1. The molecule has 0 fully saturated rings. The molecule has 24 heavy (non-hydrogen) atoms. The van der Waals surface area contributed by atoms with Gasteiger partial charge < -0.3 is 15.9 Å². The van der Waals surface area contributed by atoms with Gasteiger partial charge in [-0.15, -0.1) is 0 Å². The highest BCUT2D eigenvalue weighted by atomic mass is 19.4. The summed E-state index contributed by atoms with van der Waals surface area (Å²) >= 11 is 0. The molecule has 0 aliphatic heterocycles. The van der Waals surface area contributed by atoms with E-state index in [0.29, 0.717) is 16.7 Å². The number of alkyl halides is 3. The van der Waals surface area contributed by atoms with Gasteiger partial charge in [0.15, 0.2) is 0 Å². The molecule has 6 heteroatoms. The lowest BCUT2D eigenvalue weighted by Gasteiger charge is -2.29. The molecular weight excluding hydrogens is 319 g/mol. The summed E-state index contributed by atoms with van der Waals surface area (Å²) in [4.78, 5) is 0. The molecule has 0 saturated heterocycles. The fourth-order valence-corrected chi connectivity index (χ4v) is 2.50. The third kappa shape index (κ3) is 4.86. The van der Waals surface area contributed by atoms with E-state index in [1.807, 2.05) is 41.5 Å². The summed E-state index contributed by atoms with van der Waals surface area (Å²) < 4.78 is 38.0. The van der Waals surface area contributed by atoms with Crippen LogP contribution in [0.25, 0.3) is 0 Å². The van der Waals surface area contributed by atoms with Crippen molar-refractivity contribution < 1.29 is 23.4 Å². The minimum Gasteiger partial charge on any atom is -0.507 e. The number of rotatable bonds is 3. The number of aromatic hydroxyl groups is 1. The normalized spacial score (nSPS) is 16.1. The second kappa shape index (κ2) is 6.56. The van der Waals surface area contributed by atoms with Gasteiger partial charge in [-0.2, -0.15) is 13.2 Å². The fourth-order valence-electron chi connectivity index (χ4n) is 2.50. The van der Waals surface area contributed by atoms with E-state index in [2.05, 4.69) is 0 Å². The summed E-state index contributed by atoms with van der Waals surface area (Å²) in [6.07, 6.45) is -6.54. The number of hydrogen-bond acceptors (Lipinski definition) is 3. The summed E-state index contributed by atoms with van der Waals surface area (Å²) in [5.74, 6) is 0.117. The van der Waals surface area contributed by atoms with Crippen LogP contribution in [-0.4, -0.2) is 22.4 Å². The molecule has 1 rings (SSSR count). The zero-order valence-electron chi connectivity index (χ0n) is 15.1. The van der Waals surface area contributed by atoms with Crippen LogP contribution in [0, 0.1) is 0 Å². The van der Waals surface area contributed by atoms with Crippen LogP contribution >= 0.6 is 0 Å². The SMILES string of the molecule is CC(C)(C)c1cc([C@H](O)C[C@H](N)C(F)(F)F)cc(C(C)(C)C)c1O. The smallest absolute Gasteiger partial charge is 0.403 e. The quantitative estimate of drug-likeness (QED) is 0.764. The first-order chi connectivity index (χ1) is 10.5. The number of nitrogens with two attached hydrogens (primary N) is 1. The average molecular weight is 347 g/mol. The fraction of sp³-hybridized carbons (Fsp3) is 0.667. The number of halogens is 3. The molecule has 0 amide bonds. The number of hydrogen-bond donors (Lipinski definition) is 3. The summed E-state index contributed by atoms with van der Waals surface area (Å²) in [6, 6.07) is 1.04. The Hall–Kier alpha value is -1.27. The average Bonchev–Trinajstić information content (AvgIpc) is 2.34. The molecule has 2 atom stereocenters. The molecule has 0 aliphatic rings. The van der Waals surface area contributed by atoms with E-state index in [9.17, 15) is 23.4 Å². The minimum absolute atomic E-state index is 0.117. The molecular formula is C18H28F3NO2. The van der Waals surface area contributed by atoms with Crippen molar-refractivity contribution in [2.75, 3.05) is 0 Å². The van der Waals surface area contributed by atoms with Gasteiger partial charge in [0.05, 0.1) is 6.10 Å². The highest BCUT2D eigenvalue weighted by molar-refractivity contribution is 5.50. The molecule has 0 spiro atoms. The van der Waals surface area contributed by atoms with Crippen LogP contribution in [-0.2, 0) is 10.8 Å². The van der Waals surface area contributed by atoms with Gasteiger partial charge in [0.25, 0.3) is 0 Å². The molecule has 0 bridgehead atoms. The molecule has 0 heterocycles. The first-order valence-electron chi connectivity index (χ1n) is 7.93. The van der Waals surface area contributed by atoms with E-state index in [1.165, 1.54) is 0 Å². The number of benzene rings is 1. The Labute approximate surface area is 141 Å². The Morgan fingerprint density at radius 3 is 1.62 bits per heavy atom. The highest BCUT2D eigenvalue weighted by Gasteiger charge is 2.38. The van der Waals surface area contributed by atoms with E-state index >= 15 is 0 Å². The summed E-state index contributed by atoms with van der Waals surface area (Å²) in [5.41, 5.74) is 5.79. The van der Waals surface area contributed by atoms with Crippen molar-refractivity contribution in [1.82, 2.24) is 0 Å². The van der Waals surface area contributed by atoms with E-state index in [4.69, 9.17) is 5.73 Å². The van der Waals surface area contributed by atoms with E-state index < -0.39 is 35.6 Å². The van der Waals surface area contributed by atoms with Crippen molar-refractivity contribution in [2.45, 2.75) is 77.1 Å². The standard InChI is InChI=1S/C18H28F3NO2/c1-16(2,3)11-7-10(8-12(15(11)24)17(4,5)6)13(23)9-14(22)18(19,20)21/h7-8,13-14,23-24H,9,22H2,1-6H3/t13-,14+/m1/s1. The van der Waals surface area contributed by atoms with Gasteiger partial charge >= 0.3 is 6.18 Å². The third-order valence-corrected chi connectivity index (χ3v) is 4.03. The van der Waals surface area contributed by atoms with Gasteiger partial charge in [0, 0.05) is 6.42 Å². The highest BCUT2D eigenvalue weighted by Crippen LogP contribution is 2.41. The molecule has 0 radical (unpaired) electrons. The predicted octanol–water partition coefficient (Wildman–Crippen LogP) is 4.30. The molecule has 1 aromatic carbocycles. The molecule has 3 nitrogen and oxygen atoms in total. The van der Waals surface area contributed by atoms with Crippen molar-refractivity contribution in [1.29, 1.82) is 0 Å². The van der Waals surface area contributed by atoms with Gasteiger partial charge in [-0.3, -0.25) is 0 Å². The number of aliphatic hydroxyl groups excluding tert-OH is 1. The van der Waals surface area contributed by atoms with Crippen molar-refractivity contribution in [3.8, 4) is 5.75 Å². The van der Waals surface area contributed by atoms with Crippen LogP contribution in [0.5, 0.6) is 5.75 Å². The van der Waals surface area contributed by atoms with Crippen LogP contribution in [0.2, 0.25) is 0 Å². The first kappa shape index (κ1) is 20.8. The van der Waals surface area contributed by atoms with Gasteiger partial charge in [-0.05, 0) is 39.7 Å². The maximum Gasteiger partial charge on any atom is 0.403 e. The van der Waals surface area contributed by atoms with Crippen molar-refractivity contribution in [2.24, 2.45) is 5.73 Å². The van der Waals surface area contributed by atoms with Crippen molar-refractivity contribution in [3.63, 3.8) is 0 Å². The minimum atomic E-state index is -4.56. The van der Waals surface area contributed by atoms with Crippen LogP contribution in [0.4, 0.5) is 13.2 Å². The maximum absolute atomic E-state index is 12.7. The maximum atomic E-state index is 12.7. The van der Waals surface area contributed by atoms with Crippen LogP contribution in [0.15, 0.2) is 12.1 Å². The Morgan fingerprint density at radius 1 is 0.958 bits per heavy atom. The monoisotopic (exact) mass is 347 g/mol. The second-order valence-electron chi connectivity index (χ2n) is 8.36. The molecule has 0 aromatic heterocycles. The van der Waals surface area contributed by atoms with E-state index in [0.717, 1.165) is 0 Å². The Bertz CT molecular complexity index is 548. The molecule has 0 unspecified atom stereocenters. The molecule has 4 N–H and O–H groups in total. The molecule has 138 valence electrons. The summed E-state index contributed by atoms with van der Waals surface area (Å²) in [6.45, 7) is 11.4. The van der Waals surface area contributed by atoms with Gasteiger partial charge in [-0.25, -0.2) is 0 Å². The van der Waals surface area contributed by atoms with Gasteiger partial charge in [0.1, 0.15) is 11.8 Å². The zero-order valence-corrected chi connectivity index (χ0v) is 15.1. The Kier molecular flexibility index (Phi) is 5.68. The van der Waals surface area contributed by atoms with E-state index in [-0.39, 0.29) is 5.75 Å². The number of phenolic OH excluding ortho intramolecular Hbond substituents is 1. The first-order valence-corrected chi connectivity index (χ1v) is 7.93.